The second-order valence-corrected chi connectivity index (χ2v) is 4.66. The van der Waals surface area contributed by atoms with E-state index in [0.717, 1.165) is 0 Å². The molecule has 1 heterocycles. The smallest absolute Gasteiger partial charge is 0.337 e. The van der Waals surface area contributed by atoms with Crippen molar-refractivity contribution in [1.29, 1.82) is 0 Å². The summed E-state index contributed by atoms with van der Waals surface area (Å²) < 4.78 is 0. The lowest BCUT2D eigenvalue weighted by atomic mass is 9.99. The highest BCUT2D eigenvalue weighted by Crippen LogP contribution is 2.18. The van der Waals surface area contributed by atoms with Gasteiger partial charge in [-0.3, -0.25) is 0 Å². The van der Waals surface area contributed by atoms with E-state index < -0.39 is 17.6 Å². The van der Waals surface area contributed by atoms with Crippen LogP contribution in [-0.4, -0.2) is 32.8 Å². The molecule has 0 radical (unpaired) electrons. The van der Waals surface area contributed by atoms with Gasteiger partial charge in [0.1, 0.15) is 5.82 Å². The maximum Gasteiger partial charge on any atom is 0.337 e. The molecule has 1 unspecified atom stereocenters. The number of carboxylic acids is 1. The van der Waals surface area contributed by atoms with E-state index in [-0.39, 0.29) is 5.56 Å². The van der Waals surface area contributed by atoms with Crippen molar-refractivity contribution >= 4 is 11.8 Å². The van der Waals surface area contributed by atoms with Crippen molar-refractivity contribution in [2.24, 2.45) is 0 Å². The molecule has 0 aliphatic rings. The monoisotopic (exact) mass is 238 g/mol. The van der Waals surface area contributed by atoms with E-state index in [1.807, 2.05) is 13.8 Å². The minimum absolute atomic E-state index is 0.186. The zero-order valence-corrected chi connectivity index (χ0v) is 10.5. The number of nitrogens with one attached hydrogen (secondary N) is 1. The Morgan fingerprint density at radius 2 is 2.06 bits per heavy atom. The summed E-state index contributed by atoms with van der Waals surface area (Å²) in [5, 5.41) is 21.5. The molecule has 0 bridgehead atoms. The van der Waals surface area contributed by atoms with Crippen LogP contribution in [0.25, 0.3) is 0 Å². The van der Waals surface area contributed by atoms with Crippen LogP contribution in [0.2, 0.25) is 0 Å². The van der Waals surface area contributed by atoms with Crippen LogP contribution in [0.5, 0.6) is 0 Å². The van der Waals surface area contributed by atoms with Crippen LogP contribution >= 0.6 is 0 Å². The molecule has 1 aromatic rings. The van der Waals surface area contributed by atoms with E-state index >= 15 is 0 Å². The van der Waals surface area contributed by atoms with Gasteiger partial charge in [0.15, 0.2) is 0 Å². The second kappa shape index (κ2) is 4.71. The topological polar surface area (TPSA) is 82.5 Å². The average Bonchev–Trinajstić information content (AvgIpc) is 2.15. The maximum absolute atomic E-state index is 10.8. The summed E-state index contributed by atoms with van der Waals surface area (Å²) in [5.41, 5.74) is 0.110. The van der Waals surface area contributed by atoms with Gasteiger partial charge in [-0.05, 0) is 39.8 Å². The van der Waals surface area contributed by atoms with Gasteiger partial charge < -0.3 is 15.5 Å². The van der Waals surface area contributed by atoms with Crippen molar-refractivity contribution in [3.05, 3.63) is 23.4 Å². The van der Waals surface area contributed by atoms with Crippen LogP contribution in [0.3, 0.4) is 0 Å². The molecule has 1 aromatic heterocycles. The minimum Gasteiger partial charge on any atom is -0.478 e. The third-order valence-electron chi connectivity index (χ3n) is 2.81. The van der Waals surface area contributed by atoms with Crippen molar-refractivity contribution in [3.8, 4) is 0 Å². The minimum atomic E-state index is -0.990. The first kappa shape index (κ1) is 13.4. The molecule has 1 rings (SSSR count). The van der Waals surface area contributed by atoms with Crippen LogP contribution in [-0.2, 0) is 0 Å². The zero-order chi connectivity index (χ0) is 13.2. The number of pyridine rings is 1. The van der Waals surface area contributed by atoms with Crippen molar-refractivity contribution < 1.29 is 15.0 Å². The molecule has 1 atom stereocenters. The summed E-state index contributed by atoms with van der Waals surface area (Å²) in [6, 6.07) is 3.10. The van der Waals surface area contributed by atoms with Crippen molar-refractivity contribution in [2.45, 2.75) is 39.3 Å². The van der Waals surface area contributed by atoms with Crippen molar-refractivity contribution in [1.82, 2.24) is 4.98 Å². The van der Waals surface area contributed by atoms with E-state index in [2.05, 4.69) is 10.3 Å². The van der Waals surface area contributed by atoms with Crippen LogP contribution < -0.4 is 5.32 Å². The summed E-state index contributed by atoms with van der Waals surface area (Å²) >= 11 is 0. The molecule has 5 heteroatoms. The van der Waals surface area contributed by atoms with Crippen LogP contribution in [0.4, 0.5) is 5.82 Å². The molecule has 0 aliphatic heterocycles. The molecule has 3 N–H and O–H groups in total. The first-order chi connectivity index (χ1) is 7.74. The second-order valence-electron chi connectivity index (χ2n) is 4.66. The predicted octanol–water partition coefficient (Wildman–Crippen LogP) is 1.66. The van der Waals surface area contributed by atoms with E-state index in [0.29, 0.717) is 11.5 Å². The third-order valence-corrected chi connectivity index (χ3v) is 2.81. The summed E-state index contributed by atoms with van der Waals surface area (Å²) in [5.74, 6) is -0.435. The van der Waals surface area contributed by atoms with E-state index in [1.165, 1.54) is 6.07 Å². The highest BCUT2D eigenvalue weighted by Gasteiger charge is 2.24. The largest absolute Gasteiger partial charge is 0.478 e. The fourth-order valence-corrected chi connectivity index (χ4v) is 1.29. The van der Waals surface area contributed by atoms with Gasteiger partial charge in [-0.1, -0.05) is 0 Å². The van der Waals surface area contributed by atoms with E-state index in [4.69, 9.17) is 5.11 Å². The van der Waals surface area contributed by atoms with Gasteiger partial charge in [-0.25, -0.2) is 9.78 Å². The van der Waals surface area contributed by atoms with Gasteiger partial charge in [0.2, 0.25) is 0 Å². The first-order valence-electron chi connectivity index (χ1n) is 5.41. The molecule has 0 aliphatic carbocycles. The number of anilines is 1. The Labute approximate surface area is 101 Å². The fraction of sp³-hybridized carbons (Fsp3) is 0.500. The Morgan fingerprint density at radius 1 is 1.47 bits per heavy atom. The lowest BCUT2D eigenvalue weighted by molar-refractivity contribution is 0.0695. The van der Waals surface area contributed by atoms with Crippen molar-refractivity contribution in [3.63, 3.8) is 0 Å². The summed E-state index contributed by atoms with van der Waals surface area (Å²) in [4.78, 5) is 15.0. The highest BCUT2D eigenvalue weighted by molar-refractivity contribution is 5.89. The lowest BCUT2D eigenvalue weighted by Gasteiger charge is -2.30. The van der Waals surface area contributed by atoms with E-state index in [1.54, 1.807) is 19.9 Å². The molecule has 0 saturated heterocycles. The molecular weight excluding hydrogens is 220 g/mol. The van der Waals surface area contributed by atoms with Crippen LogP contribution in [0, 0.1) is 6.92 Å². The van der Waals surface area contributed by atoms with Gasteiger partial charge in [0.05, 0.1) is 22.9 Å². The van der Waals surface area contributed by atoms with Gasteiger partial charge in [0, 0.05) is 0 Å². The standard InChI is InChI=1S/C12H18N2O3/c1-7-9(11(16)17)5-6-10(13-7)14-12(3,4)8(2)15/h5-6,8,15H,1-4H3,(H,13,14)(H,16,17). The number of hydrogen-bond donors (Lipinski definition) is 3. The number of hydrogen-bond acceptors (Lipinski definition) is 4. The molecular formula is C12H18N2O3. The Morgan fingerprint density at radius 3 is 2.47 bits per heavy atom. The number of aliphatic hydroxyl groups is 1. The average molecular weight is 238 g/mol. The predicted molar refractivity (Wildman–Crippen MR) is 65.3 cm³/mol. The SMILES string of the molecule is Cc1nc(NC(C)(C)C(C)O)ccc1C(=O)O. The number of aryl methyl sites for hydroxylation is 1. The van der Waals surface area contributed by atoms with Gasteiger partial charge in [-0.15, -0.1) is 0 Å². The number of aromatic carboxylic acids is 1. The quantitative estimate of drug-likeness (QED) is 0.743. The number of rotatable bonds is 4. The van der Waals surface area contributed by atoms with Crippen LogP contribution in [0.15, 0.2) is 12.1 Å². The van der Waals surface area contributed by atoms with Crippen LogP contribution in [0.1, 0.15) is 36.8 Å². The Balaban J connectivity index is 2.96. The molecule has 17 heavy (non-hydrogen) atoms. The molecule has 0 aromatic carbocycles. The highest BCUT2D eigenvalue weighted by atomic mass is 16.4. The van der Waals surface area contributed by atoms with Gasteiger partial charge in [0.25, 0.3) is 0 Å². The molecule has 0 spiro atoms. The number of carbonyl (C=O) groups is 1. The fourth-order valence-electron chi connectivity index (χ4n) is 1.29. The Bertz CT molecular complexity index is 428. The molecule has 5 nitrogen and oxygen atoms in total. The lowest BCUT2D eigenvalue weighted by Crippen LogP contribution is -2.42. The summed E-state index contributed by atoms with van der Waals surface area (Å²) in [6.07, 6.45) is -0.552. The molecule has 0 amide bonds. The first-order valence-corrected chi connectivity index (χ1v) is 5.41. The Hall–Kier alpha value is -1.62. The summed E-state index contributed by atoms with van der Waals surface area (Å²) in [7, 11) is 0. The van der Waals surface area contributed by atoms with Gasteiger partial charge >= 0.3 is 5.97 Å². The van der Waals surface area contributed by atoms with Gasteiger partial charge in [-0.2, -0.15) is 0 Å². The zero-order valence-electron chi connectivity index (χ0n) is 10.5. The molecule has 94 valence electrons. The maximum atomic E-state index is 10.8. The number of aliphatic hydroxyl groups excluding tert-OH is 1. The summed E-state index contributed by atoms with van der Waals surface area (Å²) in [6.45, 7) is 7.02. The third kappa shape index (κ3) is 3.17. The normalized spacial score (nSPS) is 13.2. The van der Waals surface area contributed by atoms with Crippen molar-refractivity contribution in [2.75, 3.05) is 5.32 Å². The van der Waals surface area contributed by atoms with E-state index in [9.17, 15) is 9.90 Å². The molecule has 0 fully saturated rings. The Kier molecular flexibility index (Phi) is 3.72. The number of carboxylic acid groups (broad SMARTS) is 1. The molecule has 0 saturated carbocycles. The number of aromatic nitrogens is 1. The number of nitrogens with zero attached hydrogens (tertiary/aromatic N) is 1.